The third-order valence-corrected chi connectivity index (χ3v) is 2.55. The standard InChI is InChI=1S/C12H18N6O3/c1-4-9(19)15-12(16-10(20)5-2)14-7-13-8-18(12)17-11(21)6-3/h4-6,13-14H,1-3,7-8H2,(H,15,19)(H,16,20)(H,17,21). The minimum Gasteiger partial charge on any atom is -0.303 e. The van der Waals surface area contributed by atoms with Crippen LogP contribution in [-0.2, 0) is 14.4 Å². The van der Waals surface area contributed by atoms with Gasteiger partial charge < -0.3 is 10.6 Å². The highest BCUT2D eigenvalue weighted by Crippen LogP contribution is 2.05. The fourth-order valence-corrected chi connectivity index (χ4v) is 1.59. The van der Waals surface area contributed by atoms with E-state index in [4.69, 9.17) is 0 Å². The SMILES string of the molecule is C=CC(=O)NN1CNCNC1(NC(=O)C=C)NC(=O)C=C. The molecular weight excluding hydrogens is 276 g/mol. The first-order valence-electron chi connectivity index (χ1n) is 6.03. The molecule has 21 heavy (non-hydrogen) atoms. The van der Waals surface area contributed by atoms with E-state index in [-0.39, 0.29) is 13.3 Å². The minimum absolute atomic E-state index is 0.154. The predicted molar refractivity (Wildman–Crippen MR) is 75.6 cm³/mol. The maximum atomic E-state index is 11.6. The highest BCUT2D eigenvalue weighted by Gasteiger charge is 2.42. The highest BCUT2D eigenvalue weighted by atomic mass is 16.2. The van der Waals surface area contributed by atoms with Crippen molar-refractivity contribution in [1.82, 2.24) is 31.7 Å². The van der Waals surface area contributed by atoms with E-state index in [2.05, 4.69) is 46.4 Å². The zero-order valence-corrected chi connectivity index (χ0v) is 11.4. The third-order valence-electron chi connectivity index (χ3n) is 2.55. The number of carbonyl (C=O) groups excluding carboxylic acids is 3. The molecule has 0 aromatic carbocycles. The zero-order chi connectivity index (χ0) is 15.9. The Balaban J connectivity index is 3.07. The van der Waals surface area contributed by atoms with Gasteiger partial charge in [0.2, 0.25) is 11.8 Å². The Labute approximate surface area is 122 Å². The molecule has 5 N–H and O–H groups in total. The molecule has 3 amide bonds. The second-order valence-corrected chi connectivity index (χ2v) is 3.97. The van der Waals surface area contributed by atoms with Crippen molar-refractivity contribution in [3.05, 3.63) is 38.0 Å². The summed E-state index contributed by atoms with van der Waals surface area (Å²) in [6.45, 7) is 10.5. The minimum atomic E-state index is -1.53. The molecule has 1 aliphatic heterocycles. The van der Waals surface area contributed by atoms with Gasteiger partial charge in [0.1, 0.15) is 0 Å². The van der Waals surface area contributed by atoms with Gasteiger partial charge in [0.15, 0.2) is 0 Å². The largest absolute Gasteiger partial charge is 0.303 e. The van der Waals surface area contributed by atoms with Crippen LogP contribution < -0.4 is 26.7 Å². The first kappa shape index (κ1) is 16.6. The monoisotopic (exact) mass is 294 g/mol. The number of hydrogen-bond acceptors (Lipinski definition) is 6. The van der Waals surface area contributed by atoms with E-state index in [0.717, 1.165) is 18.2 Å². The Bertz CT molecular complexity index is 454. The summed E-state index contributed by atoms with van der Waals surface area (Å²) in [5.74, 6) is -3.13. The number of nitrogens with zero attached hydrogens (tertiary/aromatic N) is 1. The lowest BCUT2D eigenvalue weighted by Crippen LogP contribution is -2.84. The van der Waals surface area contributed by atoms with Crippen molar-refractivity contribution in [2.75, 3.05) is 13.3 Å². The molecule has 0 saturated carbocycles. The summed E-state index contributed by atoms with van der Waals surface area (Å²) < 4.78 is 0. The molecule has 0 aromatic heterocycles. The van der Waals surface area contributed by atoms with Gasteiger partial charge in [-0.05, 0) is 18.2 Å². The summed E-state index contributed by atoms with van der Waals surface area (Å²) >= 11 is 0. The molecule has 0 unspecified atom stereocenters. The van der Waals surface area contributed by atoms with Crippen LogP contribution in [0, 0.1) is 0 Å². The molecule has 1 fully saturated rings. The van der Waals surface area contributed by atoms with E-state index in [1.54, 1.807) is 0 Å². The summed E-state index contributed by atoms with van der Waals surface area (Å²) in [5.41, 5.74) is 2.47. The molecule has 9 nitrogen and oxygen atoms in total. The number of hydrogen-bond donors (Lipinski definition) is 5. The van der Waals surface area contributed by atoms with Crippen molar-refractivity contribution < 1.29 is 14.4 Å². The lowest BCUT2D eigenvalue weighted by Gasteiger charge is -2.46. The van der Waals surface area contributed by atoms with Gasteiger partial charge in [-0.15, -0.1) is 5.01 Å². The molecule has 1 heterocycles. The molecule has 1 aliphatic rings. The van der Waals surface area contributed by atoms with E-state index in [0.29, 0.717) is 0 Å². The Morgan fingerprint density at radius 1 is 1.00 bits per heavy atom. The van der Waals surface area contributed by atoms with Crippen LogP contribution in [0.2, 0.25) is 0 Å². The number of rotatable bonds is 6. The third kappa shape index (κ3) is 4.24. The van der Waals surface area contributed by atoms with Crippen molar-refractivity contribution in [3.8, 4) is 0 Å². The molecule has 0 spiro atoms. The molecule has 1 saturated heterocycles. The van der Waals surface area contributed by atoms with Crippen molar-refractivity contribution in [2.45, 2.75) is 5.91 Å². The van der Waals surface area contributed by atoms with Crippen LogP contribution in [-0.4, -0.2) is 42.0 Å². The summed E-state index contributed by atoms with van der Waals surface area (Å²) in [6, 6.07) is 0. The topological polar surface area (TPSA) is 115 Å². The number of nitrogens with one attached hydrogen (secondary N) is 5. The van der Waals surface area contributed by atoms with Crippen LogP contribution in [0.25, 0.3) is 0 Å². The van der Waals surface area contributed by atoms with Crippen LogP contribution in [0.5, 0.6) is 0 Å². The lowest BCUT2D eigenvalue weighted by molar-refractivity contribution is -0.147. The molecule has 0 bridgehead atoms. The van der Waals surface area contributed by atoms with Gasteiger partial charge in [0.05, 0.1) is 13.3 Å². The molecular formula is C12H18N6O3. The van der Waals surface area contributed by atoms with Crippen LogP contribution in [0.15, 0.2) is 38.0 Å². The summed E-state index contributed by atoms with van der Waals surface area (Å²) in [5, 5.41) is 12.1. The zero-order valence-electron chi connectivity index (χ0n) is 11.4. The average molecular weight is 294 g/mol. The smallest absolute Gasteiger partial charge is 0.257 e. The Morgan fingerprint density at radius 3 is 2.00 bits per heavy atom. The van der Waals surface area contributed by atoms with E-state index < -0.39 is 23.6 Å². The van der Waals surface area contributed by atoms with Crippen molar-refractivity contribution in [3.63, 3.8) is 0 Å². The Hall–Kier alpha value is -2.49. The van der Waals surface area contributed by atoms with Gasteiger partial charge in [0.25, 0.3) is 11.8 Å². The molecule has 0 aliphatic carbocycles. The van der Waals surface area contributed by atoms with Gasteiger partial charge in [-0.25, -0.2) is 5.32 Å². The van der Waals surface area contributed by atoms with E-state index >= 15 is 0 Å². The number of carbonyl (C=O) groups is 3. The number of amides is 3. The van der Waals surface area contributed by atoms with Crippen molar-refractivity contribution >= 4 is 17.7 Å². The summed E-state index contributed by atoms with van der Waals surface area (Å²) in [6.07, 6.45) is 3.14. The second-order valence-electron chi connectivity index (χ2n) is 3.97. The summed E-state index contributed by atoms with van der Waals surface area (Å²) in [7, 11) is 0. The Morgan fingerprint density at radius 2 is 1.52 bits per heavy atom. The fourth-order valence-electron chi connectivity index (χ4n) is 1.59. The summed E-state index contributed by atoms with van der Waals surface area (Å²) in [4.78, 5) is 34.7. The van der Waals surface area contributed by atoms with Crippen molar-refractivity contribution in [2.24, 2.45) is 0 Å². The second kappa shape index (κ2) is 7.33. The van der Waals surface area contributed by atoms with Gasteiger partial charge in [-0.3, -0.25) is 25.1 Å². The molecule has 0 atom stereocenters. The van der Waals surface area contributed by atoms with Crippen LogP contribution in [0.3, 0.4) is 0 Å². The van der Waals surface area contributed by atoms with Gasteiger partial charge in [-0.2, -0.15) is 0 Å². The maximum Gasteiger partial charge on any atom is 0.257 e. The van der Waals surface area contributed by atoms with E-state index in [1.165, 1.54) is 5.01 Å². The first-order valence-corrected chi connectivity index (χ1v) is 6.03. The highest BCUT2D eigenvalue weighted by molar-refractivity contribution is 5.90. The molecule has 1 rings (SSSR count). The molecule has 0 radical (unpaired) electrons. The molecule has 9 heteroatoms. The maximum absolute atomic E-state index is 11.6. The van der Waals surface area contributed by atoms with Crippen molar-refractivity contribution in [1.29, 1.82) is 0 Å². The lowest BCUT2D eigenvalue weighted by atomic mass is 10.4. The van der Waals surface area contributed by atoms with Crippen LogP contribution in [0.1, 0.15) is 0 Å². The molecule has 0 aromatic rings. The number of hydrazine groups is 1. The van der Waals surface area contributed by atoms with Gasteiger partial charge >= 0.3 is 0 Å². The fraction of sp³-hybridized carbons (Fsp3) is 0.250. The predicted octanol–water partition coefficient (Wildman–Crippen LogP) is -2.17. The average Bonchev–Trinajstić information content (AvgIpc) is 2.49. The first-order chi connectivity index (χ1) is 9.97. The quantitative estimate of drug-likeness (QED) is 0.281. The Kier molecular flexibility index (Phi) is 5.79. The van der Waals surface area contributed by atoms with Gasteiger partial charge in [0, 0.05) is 0 Å². The molecule has 114 valence electrons. The van der Waals surface area contributed by atoms with E-state index in [9.17, 15) is 14.4 Å². The normalized spacial score (nSPS) is 17.1. The van der Waals surface area contributed by atoms with Gasteiger partial charge in [-0.1, -0.05) is 19.7 Å². The van der Waals surface area contributed by atoms with Crippen LogP contribution in [0.4, 0.5) is 0 Å². The van der Waals surface area contributed by atoms with Crippen LogP contribution >= 0.6 is 0 Å². The van der Waals surface area contributed by atoms with E-state index in [1.807, 2.05) is 0 Å².